The molecule has 1 saturated heterocycles. The van der Waals surface area contributed by atoms with Gasteiger partial charge in [0, 0.05) is 31.5 Å². The second-order valence-corrected chi connectivity index (χ2v) is 7.12. The van der Waals surface area contributed by atoms with Gasteiger partial charge in [0.05, 0.1) is 6.61 Å². The molecule has 0 radical (unpaired) electrons. The van der Waals surface area contributed by atoms with Crippen LogP contribution in [0.4, 0.5) is 4.79 Å². The molecule has 1 aromatic carbocycles. The Balaban J connectivity index is 1.72. The minimum absolute atomic E-state index is 0.0621. The van der Waals surface area contributed by atoms with Crippen molar-refractivity contribution in [2.24, 2.45) is 5.73 Å². The zero-order valence-corrected chi connectivity index (χ0v) is 13.5. The van der Waals surface area contributed by atoms with Crippen LogP contribution >= 0.6 is 0 Å². The highest BCUT2D eigenvalue weighted by molar-refractivity contribution is 5.69. The lowest BCUT2D eigenvalue weighted by atomic mass is 9.93. The van der Waals surface area contributed by atoms with E-state index in [9.17, 15) is 4.79 Å². The van der Waals surface area contributed by atoms with Crippen LogP contribution in [-0.4, -0.2) is 42.3 Å². The van der Waals surface area contributed by atoms with Crippen LogP contribution in [0.2, 0.25) is 0 Å². The SMILES string of the molecule is CC(C)(C)OC(=O)N1C[C@H](c2ccc3c(c2)CCO3)[C@@H](N)C1. The van der Waals surface area contributed by atoms with Gasteiger partial charge in [-0.2, -0.15) is 0 Å². The van der Waals surface area contributed by atoms with Gasteiger partial charge in [-0.05, 0) is 38.0 Å². The molecule has 2 heterocycles. The average Bonchev–Trinajstić information content (AvgIpc) is 3.01. The van der Waals surface area contributed by atoms with E-state index in [0.717, 1.165) is 18.8 Å². The Bertz CT molecular complexity index is 580. The molecule has 5 nitrogen and oxygen atoms in total. The van der Waals surface area contributed by atoms with Gasteiger partial charge in [-0.25, -0.2) is 4.79 Å². The average molecular weight is 304 g/mol. The number of amides is 1. The Kier molecular flexibility index (Phi) is 3.77. The molecule has 1 aromatic rings. The van der Waals surface area contributed by atoms with E-state index < -0.39 is 5.60 Å². The van der Waals surface area contributed by atoms with Crippen molar-refractivity contribution in [2.45, 2.75) is 44.8 Å². The van der Waals surface area contributed by atoms with Gasteiger partial charge >= 0.3 is 6.09 Å². The molecule has 0 spiro atoms. The van der Waals surface area contributed by atoms with Crippen LogP contribution in [0.5, 0.6) is 5.75 Å². The van der Waals surface area contributed by atoms with Crippen LogP contribution in [-0.2, 0) is 11.2 Å². The predicted molar refractivity (Wildman–Crippen MR) is 84.2 cm³/mol. The first-order valence-corrected chi connectivity index (χ1v) is 7.82. The first-order chi connectivity index (χ1) is 10.3. The molecule has 0 saturated carbocycles. The van der Waals surface area contributed by atoms with E-state index in [0.29, 0.717) is 13.1 Å². The molecule has 3 rings (SSSR count). The van der Waals surface area contributed by atoms with E-state index in [1.807, 2.05) is 26.8 Å². The third-order valence-corrected chi connectivity index (χ3v) is 4.16. The Hall–Kier alpha value is -1.75. The van der Waals surface area contributed by atoms with Crippen LogP contribution in [0, 0.1) is 0 Å². The third-order valence-electron chi connectivity index (χ3n) is 4.16. The van der Waals surface area contributed by atoms with E-state index >= 15 is 0 Å². The maximum atomic E-state index is 12.2. The van der Waals surface area contributed by atoms with Gasteiger partial charge in [0.1, 0.15) is 11.4 Å². The predicted octanol–water partition coefficient (Wildman–Crippen LogP) is 2.28. The summed E-state index contributed by atoms with van der Waals surface area (Å²) in [6, 6.07) is 6.19. The molecule has 1 amide bonds. The Morgan fingerprint density at radius 1 is 1.36 bits per heavy atom. The number of likely N-dealkylation sites (tertiary alicyclic amines) is 1. The Morgan fingerprint density at radius 2 is 2.14 bits per heavy atom. The molecule has 2 atom stereocenters. The first-order valence-electron chi connectivity index (χ1n) is 7.82. The van der Waals surface area contributed by atoms with Gasteiger partial charge in [0.15, 0.2) is 0 Å². The molecular formula is C17H24N2O3. The maximum Gasteiger partial charge on any atom is 0.410 e. The van der Waals surface area contributed by atoms with Crippen LogP contribution in [0.15, 0.2) is 18.2 Å². The molecule has 2 aliphatic rings. The van der Waals surface area contributed by atoms with E-state index in [-0.39, 0.29) is 18.1 Å². The van der Waals surface area contributed by atoms with Crippen molar-refractivity contribution in [3.63, 3.8) is 0 Å². The lowest BCUT2D eigenvalue weighted by Crippen LogP contribution is -2.36. The zero-order chi connectivity index (χ0) is 15.9. The van der Waals surface area contributed by atoms with Crippen LogP contribution in [0.25, 0.3) is 0 Å². The van der Waals surface area contributed by atoms with Crippen molar-refractivity contribution in [2.75, 3.05) is 19.7 Å². The van der Waals surface area contributed by atoms with Crippen molar-refractivity contribution < 1.29 is 14.3 Å². The van der Waals surface area contributed by atoms with E-state index in [1.54, 1.807) is 4.90 Å². The molecule has 0 aromatic heterocycles. The second kappa shape index (κ2) is 5.47. The fraction of sp³-hybridized carbons (Fsp3) is 0.588. The highest BCUT2D eigenvalue weighted by Gasteiger charge is 2.36. The summed E-state index contributed by atoms with van der Waals surface area (Å²) in [5.74, 6) is 1.12. The number of rotatable bonds is 1. The van der Waals surface area contributed by atoms with Crippen molar-refractivity contribution in [1.29, 1.82) is 0 Å². The summed E-state index contributed by atoms with van der Waals surface area (Å²) in [4.78, 5) is 13.9. The standard InChI is InChI=1S/C17H24N2O3/c1-17(2,3)22-16(20)19-9-13(14(18)10-19)11-4-5-15-12(8-11)6-7-21-15/h4-5,8,13-14H,6-7,9-10,18H2,1-3H3/t13-,14+/m1/s1. The van der Waals surface area contributed by atoms with Crippen molar-refractivity contribution in [3.05, 3.63) is 29.3 Å². The molecule has 2 N–H and O–H groups in total. The summed E-state index contributed by atoms with van der Waals surface area (Å²) in [5, 5.41) is 0. The molecular weight excluding hydrogens is 280 g/mol. The summed E-state index contributed by atoms with van der Waals surface area (Å²) < 4.78 is 11.0. The molecule has 0 unspecified atom stereocenters. The number of fused-ring (bicyclic) bond motifs is 1. The summed E-state index contributed by atoms with van der Waals surface area (Å²) in [5.41, 5.74) is 8.21. The fourth-order valence-corrected chi connectivity index (χ4v) is 3.09. The number of carbonyl (C=O) groups excluding carboxylic acids is 1. The van der Waals surface area contributed by atoms with Gasteiger partial charge in [-0.1, -0.05) is 12.1 Å². The van der Waals surface area contributed by atoms with Gasteiger partial charge < -0.3 is 20.1 Å². The summed E-state index contributed by atoms with van der Waals surface area (Å²) in [7, 11) is 0. The zero-order valence-electron chi connectivity index (χ0n) is 13.5. The number of hydrogen-bond donors (Lipinski definition) is 1. The van der Waals surface area contributed by atoms with Crippen LogP contribution < -0.4 is 10.5 Å². The second-order valence-electron chi connectivity index (χ2n) is 7.12. The number of nitrogens with two attached hydrogens (primary N) is 1. The van der Waals surface area contributed by atoms with Crippen LogP contribution in [0.3, 0.4) is 0 Å². The molecule has 120 valence electrons. The van der Waals surface area contributed by atoms with Crippen molar-refractivity contribution in [1.82, 2.24) is 4.90 Å². The molecule has 1 fully saturated rings. The smallest absolute Gasteiger partial charge is 0.410 e. The highest BCUT2D eigenvalue weighted by atomic mass is 16.6. The van der Waals surface area contributed by atoms with Crippen molar-refractivity contribution in [3.8, 4) is 5.75 Å². The number of benzene rings is 1. The summed E-state index contributed by atoms with van der Waals surface area (Å²) in [6.07, 6.45) is 0.663. The third kappa shape index (κ3) is 3.04. The molecule has 22 heavy (non-hydrogen) atoms. The Labute approximate surface area is 131 Å². The normalized spacial score (nSPS) is 24.1. The number of nitrogens with zero attached hydrogens (tertiary/aromatic N) is 1. The quantitative estimate of drug-likeness (QED) is 0.864. The van der Waals surface area contributed by atoms with Crippen molar-refractivity contribution >= 4 is 6.09 Å². The lowest BCUT2D eigenvalue weighted by molar-refractivity contribution is 0.0290. The van der Waals surface area contributed by atoms with Gasteiger partial charge in [-0.3, -0.25) is 0 Å². The fourth-order valence-electron chi connectivity index (χ4n) is 3.09. The van der Waals surface area contributed by atoms with E-state index in [2.05, 4.69) is 12.1 Å². The van der Waals surface area contributed by atoms with E-state index in [4.69, 9.17) is 15.2 Å². The minimum Gasteiger partial charge on any atom is -0.493 e. The number of carbonyl (C=O) groups is 1. The highest BCUT2D eigenvalue weighted by Crippen LogP contribution is 2.33. The molecule has 0 aliphatic carbocycles. The summed E-state index contributed by atoms with van der Waals surface area (Å²) in [6.45, 7) is 7.51. The van der Waals surface area contributed by atoms with E-state index in [1.165, 1.54) is 11.1 Å². The van der Waals surface area contributed by atoms with Crippen LogP contribution in [0.1, 0.15) is 37.8 Å². The number of ether oxygens (including phenoxy) is 2. The first kappa shape index (κ1) is 15.2. The molecule has 0 bridgehead atoms. The molecule has 5 heteroatoms. The number of hydrogen-bond acceptors (Lipinski definition) is 4. The van der Waals surface area contributed by atoms with Gasteiger partial charge in [0.2, 0.25) is 0 Å². The summed E-state index contributed by atoms with van der Waals surface area (Å²) >= 11 is 0. The molecule has 2 aliphatic heterocycles. The Morgan fingerprint density at radius 3 is 2.86 bits per heavy atom. The lowest BCUT2D eigenvalue weighted by Gasteiger charge is -2.24. The van der Waals surface area contributed by atoms with Gasteiger partial charge in [0.25, 0.3) is 0 Å². The van der Waals surface area contributed by atoms with Gasteiger partial charge in [-0.15, -0.1) is 0 Å². The monoisotopic (exact) mass is 304 g/mol. The largest absolute Gasteiger partial charge is 0.493 e. The topological polar surface area (TPSA) is 64.8 Å². The minimum atomic E-state index is -0.482. The maximum absolute atomic E-state index is 12.2.